The van der Waals surface area contributed by atoms with Crippen molar-refractivity contribution in [3.05, 3.63) is 36.0 Å². The molecule has 1 aromatic carbocycles. The van der Waals surface area contributed by atoms with Gasteiger partial charge in [0.1, 0.15) is 0 Å². The van der Waals surface area contributed by atoms with E-state index < -0.39 is 0 Å². The van der Waals surface area contributed by atoms with Crippen molar-refractivity contribution in [2.45, 2.75) is 6.92 Å². The first kappa shape index (κ1) is 10.8. The predicted molar refractivity (Wildman–Crippen MR) is 62.6 cm³/mol. The summed E-state index contributed by atoms with van der Waals surface area (Å²) in [6.07, 6.45) is 2.16. The zero-order valence-corrected chi connectivity index (χ0v) is 9.33. The third-order valence-electron chi connectivity index (χ3n) is 2.10. The Morgan fingerprint density at radius 3 is 2.29 bits per heavy atom. The van der Waals surface area contributed by atoms with Gasteiger partial charge in [0.2, 0.25) is 0 Å². The number of benzene rings is 1. The highest BCUT2D eigenvalue weighted by Crippen LogP contribution is 2.18. The van der Waals surface area contributed by atoms with E-state index in [-0.39, 0.29) is 0 Å². The molecule has 2 aromatic rings. The third-order valence-corrected chi connectivity index (χ3v) is 2.10. The number of hydrogen-bond donors (Lipinski definition) is 1. The molecule has 0 spiro atoms. The third kappa shape index (κ3) is 2.15. The van der Waals surface area contributed by atoms with Crippen molar-refractivity contribution in [2.24, 2.45) is 7.05 Å². The summed E-state index contributed by atoms with van der Waals surface area (Å²) in [7, 11) is 5.83. The second kappa shape index (κ2) is 4.82. The normalized spacial score (nSPS) is 9.71. The summed E-state index contributed by atoms with van der Waals surface area (Å²) >= 11 is 0. The molecule has 1 heterocycles. The number of para-hydroxylation sites is 1. The van der Waals surface area contributed by atoms with Crippen molar-refractivity contribution < 1.29 is 0 Å². The van der Waals surface area contributed by atoms with Gasteiger partial charge in [0.25, 0.3) is 0 Å². The standard InChI is InChI=1S/C10H11N.C2H7N/c1-8-7-11(2)10-6-4-3-5-9(8)10;1-3-2/h3-7H,1-2H3;3H,1-2H3. The van der Waals surface area contributed by atoms with Gasteiger partial charge < -0.3 is 9.88 Å². The first-order valence-corrected chi connectivity index (χ1v) is 4.80. The number of nitrogens with one attached hydrogen (secondary N) is 1. The van der Waals surface area contributed by atoms with Crippen molar-refractivity contribution in [3.63, 3.8) is 0 Å². The maximum absolute atomic E-state index is 2.75. The number of aryl methyl sites for hydroxylation is 2. The van der Waals surface area contributed by atoms with E-state index >= 15 is 0 Å². The zero-order valence-electron chi connectivity index (χ0n) is 9.33. The van der Waals surface area contributed by atoms with Crippen molar-refractivity contribution in [1.82, 2.24) is 9.88 Å². The molecule has 0 saturated heterocycles. The Hall–Kier alpha value is -1.28. The number of aromatic nitrogens is 1. The SMILES string of the molecule is CNC.Cc1cn(C)c2ccccc12. The largest absolute Gasteiger partial charge is 0.350 e. The van der Waals surface area contributed by atoms with Crippen molar-refractivity contribution in [2.75, 3.05) is 14.1 Å². The molecule has 76 valence electrons. The van der Waals surface area contributed by atoms with Gasteiger partial charge in [-0.1, -0.05) is 18.2 Å². The molecule has 0 amide bonds. The van der Waals surface area contributed by atoms with E-state index in [4.69, 9.17) is 0 Å². The van der Waals surface area contributed by atoms with E-state index in [0.717, 1.165) is 0 Å². The van der Waals surface area contributed by atoms with Crippen LogP contribution >= 0.6 is 0 Å². The highest BCUT2D eigenvalue weighted by atomic mass is 14.9. The summed E-state index contributed by atoms with van der Waals surface area (Å²) in [6.45, 7) is 2.14. The van der Waals surface area contributed by atoms with Gasteiger partial charge in [0.05, 0.1) is 0 Å². The average Bonchev–Trinajstić information content (AvgIpc) is 2.45. The number of nitrogens with zero attached hydrogens (tertiary/aromatic N) is 1. The quantitative estimate of drug-likeness (QED) is 0.674. The molecule has 14 heavy (non-hydrogen) atoms. The van der Waals surface area contributed by atoms with Crippen molar-refractivity contribution in [3.8, 4) is 0 Å². The van der Waals surface area contributed by atoms with Crippen LogP contribution in [0.5, 0.6) is 0 Å². The van der Waals surface area contributed by atoms with E-state index in [2.05, 4.69) is 54.3 Å². The van der Waals surface area contributed by atoms with E-state index in [1.807, 2.05) is 14.1 Å². The van der Waals surface area contributed by atoms with Gasteiger partial charge in [0, 0.05) is 24.1 Å². The smallest absolute Gasteiger partial charge is 0.0480 e. The predicted octanol–water partition coefficient (Wildman–Crippen LogP) is 2.32. The van der Waals surface area contributed by atoms with Crippen LogP contribution < -0.4 is 5.32 Å². The van der Waals surface area contributed by atoms with Gasteiger partial charge in [-0.25, -0.2) is 0 Å². The molecule has 2 heteroatoms. The maximum Gasteiger partial charge on any atom is 0.0480 e. The summed E-state index contributed by atoms with van der Waals surface area (Å²) in [5, 5.41) is 4.11. The Labute approximate surface area is 85.5 Å². The Bertz CT molecular complexity index is 366. The van der Waals surface area contributed by atoms with Crippen LogP contribution in [0.15, 0.2) is 30.5 Å². The molecule has 0 fully saturated rings. The van der Waals surface area contributed by atoms with Crippen LogP contribution in [0.3, 0.4) is 0 Å². The van der Waals surface area contributed by atoms with Crippen LogP contribution in [-0.4, -0.2) is 18.7 Å². The monoisotopic (exact) mass is 190 g/mol. The minimum absolute atomic E-state index is 1.31. The van der Waals surface area contributed by atoms with Crippen molar-refractivity contribution in [1.29, 1.82) is 0 Å². The van der Waals surface area contributed by atoms with Gasteiger partial charge >= 0.3 is 0 Å². The molecule has 0 aliphatic carbocycles. The van der Waals surface area contributed by atoms with Gasteiger partial charge in [-0.2, -0.15) is 0 Å². The lowest BCUT2D eigenvalue weighted by Gasteiger charge is -1.92. The van der Waals surface area contributed by atoms with E-state index in [0.29, 0.717) is 0 Å². The number of rotatable bonds is 0. The Morgan fingerprint density at radius 1 is 1.14 bits per heavy atom. The molecule has 0 aliphatic rings. The first-order valence-electron chi connectivity index (χ1n) is 4.80. The van der Waals surface area contributed by atoms with Gasteiger partial charge in [-0.15, -0.1) is 0 Å². The summed E-state index contributed by atoms with van der Waals surface area (Å²) in [5.74, 6) is 0. The Balaban J connectivity index is 0.000000293. The van der Waals surface area contributed by atoms with Crippen LogP contribution in [-0.2, 0) is 7.05 Å². The average molecular weight is 190 g/mol. The molecule has 0 radical (unpaired) electrons. The van der Waals surface area contributed by atoms with Gasteiger partial charge in [-0.05, 0) is 32.6 Å². The van der Waals surface area contributed by atoms with Gasteiger partial charge in [-0.3, -0.25) is 0 Å². The maximum atomic E-state index is 2.75. The summed E-state index contributed by atoms with van der Waals surface area (Å²) in [6, 6.07) is 8.45. The van der Waals surface area contributed by atoms with Crippen molar-refractivity contribution >= 4 is 10.9 Å². The van der Waals surface area contributed by atoms with E-state index in [9.17, 15) is 0 Å². The molecule has 0 atom stereocenters. The fourth-order valence-electron chi connectivity index (χ4n) is 1.54. The highest BCUT2D eigenvalue weighted by molar-refractivity contribution is 5.83. The second-order valence-electron chi connectivity index (χ2n) is 3.44. The molecule has 1 aromatic heterocycles. The van der Waals surface area contributed by atoms with Crippen LogP contribution in [0, 0.1) is 6.92 Å². The fourth-order valence-corrected chi connectivity index (χ4v) is 1.54. The molecule has 0 saturated carbocycles. The van der Waals surface area contributed by atoms with E-state index in [1.165, 1.54) is 16.5 Å². The summed E-state index contributed by atoms with van der Waals surface area (Å²) in [5.41, 5.74) is 2.66. The molecule has 2 rings (SSSR count). The molecule has 0 aliphatic heterocycles. The van der Waals surface area contributed by atoms with Crippen LogP contribution in [0.25, 0.3) is 10.9 Å². The molecule has 1 N–H and O–H groups in total. The number of fused-ring (bicyclic) bond motifs is 1. The first-order chi connectivity index (χ1) is 6.70. The van der Waals surface area contributed by atoms with Crippen LogP contribution in [0.2, 0.25) is 0 Å². The van der Waals surface area contributed by atoms with Gasteiger partial charge in [0.15, 0.2) is 0 Å². The Morgan fingerprint density at radius 2 is 1.71 bits per heavy atom. The number of hydrogen-bond acceptors (Lipinski definition) is 1. The Kier molecular flexibility index (Phi) is 3.72. The molecular weight excluding hydrogens is 172 g/mol. The summed E-state index contributed by atoms with van der Waals surface area (Å²) < 4.78 is 2.16. The molecule has 0 bridgehead atoms. The minimum atomic E-state index is 1.31. The molecular formula is C12H18N2. The molecule has 2 nitrogen and oxygen atoms in total. The van der Waals surface area contributed by atoms with Crippen LogP contribution in [0.1, 0.15) is 5.56 Å². The highest BCUT2D eigenvalue weighted by Gasteiger charge is 1.98. The molecule has 0 unspecified atom stereocenters. The van der Waals surface area contributed by atoms with E-state index in [1.54, 1.807) is 0 Å². The second-order valence-corrected chi connectivity index (χ2v) is 3.44. The lowest BCUT2D eigenvalue weighted by atomic mass is 10.2. The summed E-state index contributed by atoms with van der Waals surface area (Å²) in [4.78, 5) is 0. The minimum Gasteiger partial charge on any atom is -0.350 e. The lowest BCUT2D eigenvalue weighted by Crippen LogP contribution is -1.89. The van der Waals surface area contributed by atoms with Crippen LogP contribution in [0.4, 0.5) is 0 Å². The topological polar surface area (TPSA) is 17.0 Å². The lowest BCUT2D eigenvalue weighted by molar-refractivity contribution is 0.964. The zero-order chi connectivity index (χ0) is 10.6. The fraction of sp³-hybridized carbons (Fsp3) is 0.333.